The Morgan fingerprint density at radius 2 is 2.05 bits per heavy atom. The molecular weight excluding hydrogens is 264 g/mol. The van der Waals surface area contributed by atoms with E-state index in [2.05, 4.69) is 9.62 Å². The maximum Gasteiger partial charge on any atom is 0.213 e. The van der Waals surface area contributed by atoms with Crippen LogP contribution in [0.1, 0.15) is 38.5 Å². The van der Waals surface area contributed by atoms with Gasteiger partial charge in [-0.25, -0.2) is 13.1 Å². The summed E-state index contributed by atoms with van der Waals surface area (Å²) < 4.78 is 31.9. The molecule has 0 spiro atoms. The van der Waals surface area contributed by atoms with Crippen molar-refractivity contribution in [3.05, 3.63) is 24.2 Å². The van der Waals surface area contributed by atoms with Gasteiger partial charge in [0.2, 0.25) is 10.0 Å². The molecular formula is C13H22N2O3S. The molecule has 1 aliphatic heterocycles. The number of rotatable bonds is 6. The molecule has 19 heavy (non-hydrogen) atoms. The van der Waals surface area contributed by atoms with Crippen molar-refractivity contribution >= 4 is 10.0 Å². The maximum atomic E-state index is 11.9. The van der Waals surface area contributed by atoms with E-state index in [1.807, 2.05) is 12.1 Å². The number of likely N-dealkylation sites (tertiary alicyclic amines) is 1. The van der Waals surface area contributed by atoms with Crippen molar-refractivity contribution in [2.24, 2.45) is 0 Å². The highest BCUT2D eigenvalue weighted by Gasteiger charge is 2.27. The summed E-state index contributed by atoms with van der Waals surface area (Å²) in [5, 5.41) is -0.414. The minimum absolute atomic E-state index is 0.00831. The minimum atomic E-state index is -3.23. The van der Waals surface area contributed by atoms with Crippen LogP contribution in [0.25, 0.3) is 0 Å². The highest BCUT2D eigenvalue weighted by atomic mass is 32.2. The standard InChI is InChI=1S/C13H22N2O3S/c1-11(2)19(16,17)14-10-12(13-6-5-9-18-13)15-7-3-4-8-15/h5-6,9,11-12,14H,3-4,7-8,10H2,1-2H3. The first-order chi connectivity index (χ1) is 9.00. The average molecular weight is 286 g/mol. The molecule has 108 valence electrons. The molecule has 1 aromatic rings. The Hall–Kier alpha value is -0.850. The molecule has 0 saturated carbocycles. The van der Waals surface area contributed by atoms with Crippen LogP contribution < -0.4 is 4.72 Å². The molecule has 0 amide bonds. The lowest BCUT2D eigenvalue weighted by atomic mass is 10.2. The van der Waals surface area contributed by atoms with E-state index in [4.69, 9.17) is 4.42 Å². The summed E-state index contributed by atoms with van der Waals surface area (Å²) >= 11 is 0. The molecule has 0 aliphatic carbocycles. The van der Waals surface area contributed by atoms with E-state index >= 15 is 0 Å². The Kier molecular flexibility index (Phi) is 4.65. The third-order valence-corrected chi connectivity index (χ3v) is 5.36. The first-order valence-corrected chi connectivity index (χ1v) is 8.31. The molecule has 1 N–H and O–H groups in total. The number of sulfonamides is 1. The van der Waals surface area contributed by atoms with E-state index in [9.17, 15) is 8.42 Å². The zero-order valence-corrected chi connectivity index (χ0v) is 12.3. The summed E-state index contributed by atoms with van der Waals surface area (Å²) in [6, 6.07) is 3.74. The minimum Gasteiger partial charge on any atom is -0.468 e. The van der Waals surface area contributed by atoms with E-state index in [1.54, 1.807) is 20.1 Å². The SMILES string of the molecule is CC(C)S(=O)(=O)NCC(c1ccco1)N1CCCC1. The van der Waals surface area contributed by atoms with Crippen LogP contribution in [0.4, 0.5) is 0 Å². The summed E-state index contributed by atoms with van der Waals surface area (Å²) in [6.45, 7) is 5.72. The van der Waals surface area contributed by atoms with Gasteiger partial charge in [0, 0.05) is 6.54 Å². The fourth-order valence-electron chi connectivity index (χ4n) is 2.31. The third-order valence-electron chi connectivity index (χ3n) is 3.55. The number of nitrogens with zero attached hydrogens (tertiary/aromatic N) is 1. The largest absolute Gasteiger partial charge is 0.468 e. The van der Waals surface area contributed by atoms with Crippen LogP contribution in [0, 0.1) is 0 Å². The molecule has 1 aliphatic rings. The Morgan fingerprint density at radius 3 is 2.58 bits per heavy atom. The normalized spacial score (nSPS) is 19.1. The first-order valence-electron chi connectivity index (χ1n) is 6.76. The lowest BCUT2D eigenvalue weighted by Crippen LogP contribution is -2.39. The summed E-state index contributed by atoms with van der Waals surface area (Å²) in [6.07, 6.45) is 3.96. The molecule has 1 aromatic heterocycles. The third kappa shape index (κ3) is 3.58. The van der Waals surface area contributed by atoms with E-state index in [1.165, 1.54) is 0 Å². The predicted octanol–water partition coefficient (Wildman–Crippen LogP) is 1.74. The molecule has 6 heteroatoms. The predicted molar refractivity (Wildman–Crippen MR) is 74.3 cm³/mol. The van der Waals surface area contributed by atoms with Crippen molar-refractivity contribution in [2.75, 3.05) is 19.6 Å². The van der Waals surface area contributed by atoms with Crippen LogP contribution in [0.2, 0.25) is 0 Å². The summed E-state index contributed by atoms with van der Waals surface area (Å²) in [5.41, 5.74) is 0. The molecule has 1 fully saturated rings. The second-order valence-electron chi connectivity index (χ2n) is 5.22. The lowest BCUT2D eigenvalue weighted by Gasteiger charge is -2.26. The van der Waals surface area contributed by atoms with E-state index in [-0.39, 0.29) is 6.04 Å². The van der Waals surface area contributed by atoms with Crippen molar-refractivity contribution in [1.82, 2.24) is 9.62 Å². The molecule has 5 nitrogen and oxygen atoms in total. The van der Waals surface area contributed by atoms with Crippen LogP contribution in [0.15, 0.2) is 22.8 Å². The fourth-order valence-corrected chi connectivity index (χ4v) is 3.03. The highest BCUT2D eigenvalue weighted by Crippen LogP contribution is 2.25. The van der Waals surface area contributed by atoms with Crippen LogP contribution in [-0.4, -0.2) is 38.2 Å². The van der Waals surface area contributed by atoms with Crippen LogP contribution in [0.5, 0.6) is 0 Å². The van der Waals surface area contributed by atoms with Gasteiger partial charge >= 0.3 is 0 Å². The van der Waals surface area contributed by atoms with E-state index in [0.29, 0.717) is 6.54 Å². The Bertz CT molecular complexity index is 476. The van der Waals surface area contributed by atoms with Crippen LogP contribution in [0.3, 0.4) is 0 Å². The molecule has 2 heterocycles. The maximum absolute atomic E-state index is 11.9. The van der Waals surface area contributed by atoms with Crippen LogP contribution >= 0.6 is 0 Å². The van der Waals surface area contributed by atoms with Crippen molar-refractivity contribution in [1.29, 1.82) is 0 Å². The van der Waals surface area contributed by atoms with Crippen molar-refractivity contribution < 1.29 is 12.8 Å². The zero-order chi connectivity index (χ0) is 13.9. The van der Waals surface area contributed by atoms with Gasteiger partial charge in [0.05, 0.1) is 17.6 Å². The van der Waals surface area contributed by atoms with Crippen molar-refractivity contribution in [3.8, 4) is 0 Å². The van der Waals surface area contributed by atoms with Gasteiger partial charge in [-0.2, -0.15) is 0 Å². The fraction of sp³-hybridized carbons (Fsp3) is 0.692. The Labute approximate surface area is 115 Å². The topological polar surface area (TPSA) is 62.6 Å². The van der Waals surface area contributed by atoms with Gasteiger partial charge in [-0.3, -0.25) is 4.90 Å². The van der Waals surface area contributed by atoms with E-state index in [0.717, 1.165) is 31.7 Å². The number of hydrogen-bond donors (Lipinski definition) is 1. The Morgan fingerprint density at radius 1 is 1.37 bits per heavy atom. The first kappa shape index (κ1) is 14.6. The van der Waals surface area contributed by atoms with Gasteiger partial charge in [0.15, 0.2) is 0 Å². The summed E-state index contributed by atoms with van der Waals surface area (Å²) in [4.78, 5) is 2.28. The average Bonchev–Trinajstić information content (AvgIpc) is 3.00. The Balaban J connectivity index is 2.07. The van der Waals surface area contributed by atoms with Gasteiger partial charge in [0.25, 0.3) is 0 Å². The van der Waals surface area contributed by atoms with Crippen molar-refractivity contribution in [3.63, 3.8) is 0 Å². The van der Waals surface area contributed by atoms with Crippen molar-refractivity contribution in [2.45, 2.75) is 38.0 Å². The second kappa shape index (κ2) is 6.07. The molecule has 1 atom stereocenters. The summed E-state index contributed by atoms with van der Waals surface area (Å²) in [5.74, 6) is 0.827. The van der Waals surface area contributed by atoms with Gasteiger partial charge in [-0.15, -0.1) is 0 Å². The zero-order valence-electron chi connectivity index (χ0n) is 11.5. The lowest BCUT2D eigenvalue weighted by molar-refractivity contribution is 0.216. The highest BCUT2D eigenvalue weighted by molar-refractivity contribution is 7.90. The van der Waals surface area contributed by atoms with Gasteiger partial charge < -0.3 is 4.42 Å². The quantitative estimate of drug-likeness (QED) is 0.865. The molecule has 1 unspecified atom stereocenters. The monoisotopic (exact) mass is 286 g/mol. The number of hydrogen-bond acceptors (Lipinski definition) is 4. The molecule has 0 radical (unpaired) electrons. The molecule has 1 saturated heterocycles. The van der Waals surface area contributed by atoms with E-state index < -0.39 is 15.3 Å². The van der Waals surface area contributed by atoms with Gasteiger partial charge in [-0.05, 0) is 51.9 Å². The molecule has 2 rings (SSSR count). The van der Waals surface area contributed by atoms with Gasteiger partial charge in [-0.1, -0.05) is 0 Å². The number of furan rings is 1. The summed E-state index contributed by atoms with van der Waals surface area (Å²) in [7, 11) is -3.23. The number of nitrogens with one attached hydrogen (secondary N) is 1. The molecule has 0 aromatic carbocycles. The smallest absolute Gasteiger partial charge is 0.213 e. The second-order valence-corrected chi connectivity index (χ2v) is 7.54. The van der Waals surface area contributed by atoms with Crippen LogP contribution in [-0.2, 0) is 10.0 Å². The molecule has 0 bridgehead atoms. The van der Waals surface area contributed by atoms with Gasteiger partial charge in [0.1, 0.15) is 5.76 Å².